The molecule has 2 N–H and O–H groups in total. The van der Waals surface area contributed by atoms with Gasteiger partial charge in [-0.3, -0.25) is 4.90 Å². The molecule has 1 aromatic heterocycles. The van der Waals surface area contributed by atoms with Crippen molar-refractivity contribution in [2.45, 2.75) is 25.9 Å². The first-order valence-corrected chi connectivity index (χ1v) is 8.83. The standard InChI is InChI=1S/C17H26N6O/c1-3-16(17-18-19-20-23(17)13-14-24-2)22-11-9-21(10-12-22)15-7-5-4-6-8-15/h4-8,16H,3,9-14H2,1-2H3/p+2/t16-/m1/s1. The molecule has 1 saturated heterocycles. The van der Waals surface area contributed by atoms with Crippen LogP contribution in [0.1, 0.15) is 25.2 Å². The smallest absolute Gasteiger partial charge is 0.209 e. The molecular weight excluding hydrogens is 304 g/mol. The van der Waals surface area contributed by atoms with Gasteiger partial charge in [0.25, 0.3) is 0 Å². The van der Waals surface area contributed by atoms with E-state index in [0.717, 1.165) is 38.4 Å². The molecule has 2 aromatic rings. The molecule has 7 heteroatoms. The Bertz CT molecular complexity index is 609. The van der Waals surface area contributed by atoms with Gasteiger partial charge in [0.05, 0.1) is 13.2 Å². The summed E-state index contributed by atoms with van der Waals surface area (Å²) in [6, 6.07) is 11.1. The van der Waals surface area contributed by atoms with Crippen molar-refractivity contribution in [1.82, 2.24) is 20.2 Å². The molecule has 1 aromatic carbocycles. The lowest BCUT2D eigenvalue weighted by Gasteiger charge is -2.33. The molecule has 0 unspecified atom stereocenters. The molecule has 0 aliphatic carbocycles. The third-order valence-electron chi connectivity index (χ3n) is 4.96. The van der Waals surface area contributed by atoms with Crippen LogP contribution in [0.15, 0.2) is 30.3 Å². The quantitative estimate of drug-likeness (QED) is 0.675. The van der Waals surface area contributed by atoms with Crippen molar-refractivity contribution in [2.75, 3.05) is 39.9 Å². The maximum atomic E-state index is 5.17. The van der Waals surface area contributed by atoms with Gasteiger partial charge in [-0.2, -0.15) is 0 Å². The van der Waals surface area contributed by atoms with Gasteiger partial charge in [0, 0.05) is 13.5 Å². The second-order valence-corrected chi connectivity index (χ2v) is 6.34. The van der Waals surface area contributed by atoms with Crippen molar-refractivity contribution in [2.24, 2.45) is 0 Å². The number of para-hydroxylation sites is 1. The molecule has 1 atom stereocenters. The Morgan fingerprint density at radius 3 is 2.58 bits per heavy atom. The van der Waals surface area contributed by atoms with Crippen LogP contribution in [0.3, 0.4) is 0 Å². The first-order valence-electron chi connectivity index (χ1n) is 8.83. The summed E-state index contributed by atoms with van der Waals surface area (Å²) >= 11 is 0. The molecule has 1 aliphatic rings. The Morgan fingerprint density at radius 2 is 1.92 bits per heavy atom. The van der Waals surface area contributed by atoms with Crippen LogP contribution in [0.5, 0.6) is 0 Å². The fourth-order valence-electron chi connectivity index (χ4n) is 3.64. The molecule has 2 heterocycles. The highest BCUT2D eigenvalue weighted by atomic mass is 16.5. The highest BCUT2D eigenvalue weighted by molar-refractivity contribution is 5.27. The highest BCUT2D eigenvalue weighted by Crippen LogP contribution is 2.09. The van der Waals surface area contributed by atoms with Crippen LogP contribution >= 0.6 is 0 Å². The van der Waals surface area contributed by atoms with Gasteiger partial charge in [0.1, 0.15) is 37.9 Å². The van der Waals surface area contributed by atoms with Crippen LogP contribution in [-0.2, 0) is 11.3 Å². The SMILES string of the molecule is CC[C@H](c1nnnn1CCOC)[NH+]1CC[NH+](c2ccccc2)CC1. The summed E-state index contributed by atoms with van der Waals surface area (Å²) in [5.74, 6) is 0.993. The van der Waals surface area contributed by atoms with E-state index >= 15 is 0 Å². The maximum absolute atomic E-state index is 5.17. The van der Waals surface area contributed by atoms with Crippen LogP contribution < -0.4 is 9.80 Å². The number of tetrazole rings is 1. The van der Waals surface area contributed by atoms with Crippen molar-refractivity contribution < 1.29 is 14.5 Å². The molecule has 1 fully saturated rings. The Labute approximate surface area is 143 Å². The van der Waals surface area contributed by atoms with Gasteiger partial charge in [0.15, 0.2) is 0 Å². The Hall–Kier alpha value is -1.83. The number of quaternary nitrogens is 2. The maximum Gasteiger partial charge on any atom is 0.209 e. The van der Waals surface area contributed by atoms with Crippen molar-refractivity contribution in [3.8, 4) is 0 Å². The summed E-state index contributed by atoms with van der Waals surface area (Å²) in [4.78, 5) is 3.17. The molecule has 3 rings (SSSR count). The number of nitrogens with one attached hydrogen (secondary N) is 2. The number of nitrogens with zero attached hydrogens (tertiary/aromatic N) is 4. The van der Waals surface area contributed by atoms with Crippen LogP contribution in [-0.4, -0.2) is 60.1 Å². The first kappa shape index (κ1) is 17.0. The van der Waals surface area contributed by atoms with Crippen molar-refractivity contribution in [1.29, 1.82) is 0 Å². The summed E-state index contributed by atoms with van der Waals surface area (Å²) in [6.07, 6.45) is 1.04. The van der Waals surface area contributed by atoms with E-state index in [2.05, 4.69) is 52.8 Å². The number of benzene rings is 1. The van der Waals surface area contributed by atoms with Gasteiger partial charge in [-0.05, 0) is 22.6 Å². The third kappa shape index (κ3) is 3.80. The number of methoxy groups -OCH3 is 1. The van der Waals surface area contributed by atoms with Crippen molar-refractivity contribution in [3.63, 3.8) is 0 Å². The predicted molar refractivity (Wildman–Crippen MR) is 90.2 cm³/mol. The van der Waals surface area contributed by atoms with Crippen LogP contribution in [0.25, 0.3) is 0 Å². The number of hydrogen-bond acceptors (Lipinski definition) is 4. The monoisotopic (exact) mass is 332 g/mol. The van der Waals surface area contributed by atoms with Crippen molar-refractivity contribution >= 4 is 5.69 Å². The highest BCUT2D eigenvalue weighted by Gasteiger charge is 2.33. The third-order valence-corrected chi connectivity index (χ3v) is 4.96. The van der Waals surface area contributed by atoms with E-state index in [-0.39, 0.29) is 0 Å². The normalized spacial score (nSPS) is 22.4. The number of piperazine rings is 1. The lowest BCUT2D eigenvalue weighted by molar-refractivity contribution is -1.01. The minimum atomic E-state index is 0.356. The molecule has 24 heavy (non-hydrogen) atoms. The number of rotatable bonds is 7. The lowest BCUT2D eigenvalue weighted by Crippen LogP contribution is -3.26. The van der Waals surface area contributed by atoms with Gasteiger partial charge >= 0.3 is 0 Å². The Balaban J connectivity index is 1.65. The van der Waals surface area contributed by atoms with Gasteiger partial charge in [0.2, 0.25) is 5.82 Å². The van der Waals surface area contributed by atoms with Gasteiger partial charge in [-0.1, -0.05) is 25.1 Å². The minimum Gasteiger partial charge on any atom is -0.383 e. The molecule has 0 spiro atoms. The summed E-state index contributed by atoms with van der Waals surface area (Å²) < 4.78 is 7.07. The number of hydrogen-bond donors (Lipinski definition) is 2. The molecular formula is C17H28N6O+2. The second kappa shape index (κ2) is 8.32. The van der Waals surface area contributed by atoms with Crippen molar-refractivity contribution in [3.05, 3.63) is 36.2 Å². The lowest BCUT2D eigenvalue weighted by atomic mass is 10.1. The topological polar surface area (TPSA) is 61.7 Å². The number of aromatic nitrogens is 4. The van der Waals surface area contributed by atoms with Crippen LogP contribution in [0.4, 0.5) is 5.69 Å². The van der Waals surface area contributed by atoms with Crippen LogP contribution in [0.2, 0.25) is 0 Å². The second-order valence-electron chi connectivity index (χ2n) is 6.34. The predicted octanol–water partition coefficient (Wildman–Crippen LogP) is -1.11. The van der Waals surface area contributed by atoms with E-state index < -0.39 is 0 Å². The molecule has 0 saturated carbocycles. The largest absolute Gasteiger partial charge is 0.383 e. The Morgan fingerprint density at radius 1 is 1.17 bits per heavy atom. The van der Waals surface area contributed by atoms with E-state index in [1.807, 2.05) is 4.68 Å². The fraction of sp³-hybridized carbons (Fsp3) is 0.588. The zero-order valence-corrected chi connectivity index (χ0v) is 14.6. The zero-order valence-electron chi connectivity index (χ0n) is 14.6. The first-order chi connectivity index (χ1) is 11.8. The van der Waals surface area contributed by atoms with Crippen LogP contribution in [0, 0.1) is 0 Å². The molecule has 0 bridgehead atoms. The Kier molecular flexibility index (Phi) is 5.90. The summed E-state index contributed by atoms with van der Waals surface area (Å²) in [5, 5.41) is 12.3. The zero-order chi connectivity index (χ0) is 16.8. The molecule has 7 nitrogen and oxygen atoms in total. The van der Waals surface area contributed by atoms with E-state index in [1.54, 1.807) is 16.9 Å². The summed E-state index contributed by atoms with van der Waals surface area (Å²) in [6.45, 7) is 8.15. The van der Waals surface area contributed by atoms with E-state index in [1.165, 1.54) is 5.69 Å². The summed E-state index contributed by atoms with van der Waals surface area (Å²) in [7, 11) is 1.71. The van der Waals surface area contributed by atoms with Gasteiger partial charge < -0.3 is 9.64 Å². The minimum absolute atomic E-state index is 0.356. The molecule has 0 radical (unpaired) electrons. The molecule has 1 aliphatic heterocycles. The van der Waals surface area contributed by atoms with E-state index in [0.29, 0.717) is 19.2 Å². The molecule has 0 amide bonds. The average Bonchev–Trinajstić information content (AvgIpc) is 3.10. The van der Waals surface area contributed by atoms with E-state index in [9.17, 15) is 0 Å². The molecule has 130 valence electrons. The van der Waals surface area contributed by atoms with Gasteiger partial charge in [-0.25, -0.2) is 4.68 Å². The van der Waals surface area contributed by atoms with E-state index in [4.69, 9.17) is 4.74 Å². The number of ether oxygens (including phenoxy) is 1. The van der Waals surface area contributed by atoms with Gasteiger partial charge in [-0.15, -0.1) is 5.10 Å². The average molecular weight is 332 g/mol. The fourth-order valence-corrected chi connectivity index (χ4v) is 3.64. The summed E-state index contributed by atoms with van der Waals surface area (Å²) in [5.41, 5.74) is 1.40.